The lowest BCUT2D eigenvalue weighted by Gasteiger charge is -2.34. The van der Waals surface area contributed by atoms with Gasteiger partial charge in [-0.2, -0.15) is 9.97 Å². The van der Waals surface area contributed by atoms with E-state index in [0.717, 1.165) is 117 Å². The van der Waals surface area contributed by atoms with Gasteiger partial charge in [-0.15, -0.1) is 0 Å². The number of anilines is 6. The number of halogens is 2. The molecule has 4 aromatic rings. The van der Waals surface area contributed by atoms with Crippen molar-refractivity contribution in [1.29, 1.82) is 0 Å². The van der Waals surface area contributed by atoms with E-state index < -0.39 is 11.8 Å². The Morgan fingerprint density at radius 2 is 1.21 bits per heavy atom. The van der Waals surface area contributed by atoms with Crippen LogP contribution in [0.4, 0.5) is 43.6 Å². The minimum absolute atomic E-state index is 0.0442. The summed E-state index contributed by atoms with van der Waals surface area (Å²) < 4.78 is 49.3. The zero-order valence-electron chi connectivity index (χ0n) is 36.7. The van der Waals surface area contributed by atoms with E-state index in [4.69, 9.17) is 13.6 Å². The van der Waals surface area contributed by atoms with Gasteiger partial charge >= 0.3 is 0 Å². The highest BCUT2D eigenvalue weighted by atomic mass is 19.1. The van der Waals surface area contributed by atoms with Crippen LogP contribution in [0, 0.1) is 30.4 Å². The van der Waals surface area contributed by atoms with Crippen molar-refractivity contribution in [3.05, 3.63) is 70.9 Å². The van der Waals surface area contributed by atoms with Gasteiger partial charge in [-0.25, -0.2) is 8.78 Å². The van der Waals surface area contributed by atoms with Gasteiger partial charge in [0.1, 0.15) is 24.0 Å². The zero-order valence-corrected chi connectivity index (χ0v) is 36.7. The highest BCUT2D eigenvalue weighted by molar-refractivity contribution is 6.04. The first-order valence-electron chi connectivity index (χ1n) is 23.2. The van der Waals surface area contributed by atoms with Gasteiger partial charge in [0.15, 0.2) is 17.1 Å². The van der Waals surface area contributed by atoms with Crippen LogP contribution in [-0.2, 0) is 11.3 Å². The minimum Gasteiger partial charge on any atom is -0.428 e. The number of amides is 2. The van der Waals surface area contributed by atoms with Gasteiger partial charge in [-0.1, -0.05) is 0 Å². The number of benzene rings is 2. The first-order valence-corrected chi connectivity index (χ1v) is 23.2. The second-order valence-electron chi connectivity index (χ2n) is 18.1. The molecule has 5 aliphatic rings. The summed E-state index contributed by atoms with van der Waals surface area (Å²) in [5, 5.41) is 5.68. The molecule has 5 saturated heterocycles. The number of carbonyl (C=O) groups excluding carboxylic acids is 2. The van der Waals surface area contributed by atoms with Gasteiger partial charge in [-0.3, -0.25) is 9.59 Å². The van der Waals surface area contributed by atoms with E-state index in [2.05, 4.69) is 40.2 Å². The first kappa shape index (κ1) is 43.1. The molecule has 0 saturated carbocycles. The lowest BCUT2D eigenvalue weighted by molar-refractivity contribution is 0.0219. The molecule has 338 valence electrons. The van der Waals surface area contributed by atoms with Crippen LogP contribution in [0.25, 0.3) is 0 Å². The Bertz CT molecular complexity index is 2230. The molecule has 2 amide bonds. The number of rotatable bonds is 15. The van der Waals surface area contributed by atoms with Gasteiger partial charge in [0.05, 0.1) is 17.5 Å². The predicted octanol–water partition coefficient (Wildman–Crippen LogP) is 8.09. The molecular weight excluding hydrogens is 809 g/mol. The van der Waals surface area contributed by atoms with Crippen LogP contribution >= 0.6 is 0 Å². The first-order chi connectivity index (χ1) is 30.6. The van der Waals surface area contributed by atoms with Crippen molar-refractivity contribution < 1.29 is 31.9 Å². The fourth-order valence-corrected chi connectivity index (χ4v) is 9.90. The summed E-state index contributed by atoms with van der Waals surface area (Å²) in [4.78, 5) is 47.3. The molecule has 16 heteroatoms. The van der Waals surface area contributed by atoms with Crippen molar-refractivity contribution in [2.45, 2.75) is 90.8 Å². The fraction of sp³-hybridized carbons (Fsp3) is 0.574. The van der Waals surface area contributed by atoms with E-state index >= 15 is 8.78 Å². The van der Waals surface area contributed by atoms with Gasteiger partial charge in [0.2, 0.25) is 0 Å². The number of likely N-dealkylation sites (tertiary alicyclic amines) is 1. The maximum atomic E-state index is 15.3. The third kappa shape index (κ3) is 9.96. The van der Waals surface area contributed by atoms with E-state index in [-0.39, 0.29) is 41.7 Å². The number of hydrogen-bond acceptors (Lipinski definition) is 12. The molecule has 0 spiro atoms. The molecule has 2 N–H and O–H groups in total. The minimum atomic E-state index is -0.478. The van der Waals surface area contributed by atoms with E-state index in [0.29, 0.717) is 65.3 Å². The maximum absolute atomic E-state index is 15.3. The Morgan fingerprint density at radius 1 is 0.683 bits per heavy atom. The number of aromatic nitrogens is 2. The van der Waals surface area contributed by atoms with Crippen molar-refractivity contribution in [2.24, 2.45) is 11.8 Å². The van der Waals surface area contributed by atoms with E-state index in [1.807, 2.05) is 11.8 Å². The fourth-order valence-electron chi connectivity index (χ4n) is 9.90. The Hall–Kier alpha value is -5.22. The number of carbonyl (C=O) groups is 2. The van der Waals surface area contributed by atoms with Gasteiger partial charge in [0, 0.05) is 70.3 Å². The standard InChI is InChI=1S/C47H61F2N9O5/c1-31(61-30-41-43(53-46(63-41)57-22-9-10-23-57)45(60)51-36-13-15-40(38(49)26-36)56-20-7-4-8-21-56)24-33-28-58(29-34(33)27-54-16-11-17-54)47-52-42(32(2)62-47)44(59)50-35-12-14-39(37(48)25-35)55-18-5-3-6-19-55/h12-15,25-26,31,33-34H,3-11,16-24,27-30H2,1-2H3,(H,50,59)(H,51,60). The number of piperidine rings is 2. The summed E-state index contributed by atoms with van der Waals surface area (Å²) >= 11 is 0. The van der Waals surface area contributed by atoms with Crippen LogP contribution in [0.5, 0.6) is 0 Å². The summed E-state index contributed by atoms with van der Waals surface area (Å²) in [5.41, 5.74) is 2.13. The molecular formula is C47H61F2N9O5. The number of nitrogens with one attached hydrogen (secondary N) is 2. The molecule has 7 heterocycles. The largest absolute Gasteiger partial charge is 0.428 e. The summed E-state index contributed by atoms with van der Waals surface area (Å²) in [7, 11) is 0. The quantitative estimate of drug-likeness (QED) is 0.120. The third-order valence-electron chi connectivity index (χ3n) is 13.5. The summed E-state index contributed by atoms with van der Waals surface area (Å²) in [6, 6.07) is 10.5. The molecule has 2 aromatic heterocycles. The van der Waals surface area contributed by atoms with Crippen molar-refractivity contribution in [1.82, 2.24) is 14.9 Å². The second-order valence-corrected chi connectivity index (χ2v) is 18.1. The van der Waals surface area contributed by atoms with Crippen LogP contribution < -0.4 is 30.2 Å². The molecule has 5 fully saturated rings. The lowest BCUT2D eigenvalue weighted by atomic mass is 9.90. The Labute approximate surface area is 368 Å². The Morgan fingerprint density at radius 3 is 1.78 bits per heavy atom. The number of oxazole rings is 2. The molecule has 63 heavy (non-hydrogen) atoms. The summed E-state index contributed by atoms with van der Waals surface area (Å²) in [5.74, 6) is -0.394. The van der Waals surface area contributed by atoms with Crippen LogP contribution in [0.3, 0.4) is 0 Å². The molecule has 14 nitrogen and oxygen atoms in total. The van der Waals surface area contributed by atoms with Crippen LogP contribution in [-0.4, -0.2) is 105 Å². The van der Waals surface area contributed by atoms with Gasteiger partial charge in [-0.05, 0) is 139 Å². The molecule has 3 unspecified atom stereocenters. The number of aryl methyl sites for hydroxylation is 1. The number of hydrogen-bond donors (Lipinski definition) is 2. The van der Waals surface area contributed by atoms with Crippen LogP contribution in [0.15, 0.2) is 45.2 Å². The molecule has 9 rings (SSSR count). The normalized spacial score (nSPS) is 21.2. The lowest BCUT2D eigenvalue weighted by Crippen LogP contribution is -2.42. The highest BCUT2D eigenvalue weighted by Crippen LogP contribution is 2.35. The van der Waals surface area contributed by atoms with Crippen molar-refractivity contribution >= 4 is 46.6 Å². The smallest absolute Gasteiger partial charge is 0.298 e. The predicted molar refractivity (Wildman–Crippen MR) is 239 cm³/mol. The second kappa shape index (κ2) is 19.3. The maximum Gasteiger partial charge on any atom is 0.298 e. The van der Waals surface area contributed by atoms with Crippen LogP contribution in [0.1, 0.15) is 104 Å². The Balaban J connectivity index is 0.845. The Kier molecular flexibility index (Phi) is 13.2. The topological polar surface area (TPSA) is 136 Å². The zero-order chi connectivity index (χ0) is 43.5. The van der Waals surface area contributed by atoms with Crippen molar-refractivity contribution in [3.63, 3.8) is 0 Å². The SMILES string of the molecule is Cc1oc(N2CC(CC(C)OCc3oc(N4CCCC4)nc3C(=O)Nc3ccc(N4CCCCC4)c(F)c3)C(CN3CCC3)C2)nc1C(=O)Nc1ccc(N2CCCCC2)c(F)c1. The summed E-state index contributed by atoms with van der Waals surface area (Å²) in [6.45, 7) is 13.1. The number of nitrogens with zero attached hydrogens (tertiary/aromatic N) is 7. The monoisotopic (exact) mass is 869 g/mol. The molecule has 0 bridgehead atoms. The van der Waals surface area contributed by atoms with E-state index in [9.17, 15) is 9.59 Å². The average Bonchev–Trinajstić information content (AvgIpc) is 4.10. The van der Waals surface area contributed by atoms with Gasteiger partial charge in [0.25, 0.3) is 23.8 Å². The molecule has 0 radical (unpaired) electrons. The van der Waals surface area contributed by atoms with E-state index in [1.54, 1.807) is 31.2 Å². The highest BCUT2D eigenvalue weighted by Gasteiger charge is 2.38. The van der Waals surface area contributed by atoms with Gasteiger partial charge < -0.3 is 48.7 Å². The van der Waals surface area contributed by atoms with Crippen molar-refractivity contribution in [3.8, 4) is 0 Å². The van der Waals surface area contributed by atoms with Crippen LogP contribution in [0.2, 0.25) is 0 Å². The molecule has 3 atom stereocenters. The molecule has 2 aromatic carbocycles. The molecule has 5 aliphatic heterocycles. The average molecular weight is 870 g/mol. The van der Waals surface area contributed by atoms with E-state index in [1.165, 1.54) is 18.6 Å². The van der Waals surface area contributed by atoms with Crippen molar-refractivity contribution in [2.75, 3.05) is 102 Å². The number of ether oxygens (including phenoxy) is 1. The summed E-state index contributed by atoms with van der Waals surface area (Å²) in [6.07, 6.45) is 10.2. The molecule has 0 aliphatic carbocycles. The third-order valence-corrected chi connectivity index (χ3v) is 13.5.